The van der Waals surface area contributed by atoms with E-state index in [0.29, 0.717) is 11.1 Å². The molecule has 0 bridgehead atoms. The first-order valence-electron chi connectivity index (χ1n) is 4.68. The highest BCUT2D eigenvalue weighted by Crippen LogP contribution is 2.31. The number of hydrogen-bond acceptors (Lipinski definition) is 7. The van der Waals surface area contributed by atoms with Gasteiger partial charge in [0.05, 0.1) is 11.6 Å². The smallest absolute Gasteiger partial charge is 0.415 e. The minimum absolute atomic E-state index is 0.386. The lowest BCUT2D eigenvalue weighted by Crippen LogP contribution is -2.27. The Kier molecular flexibility index (Phi) is 5.65. The topological polar surface area (TPSA) is 91.6 Å². The molecular weight excluding hydrogens is 284 g/mol. The third kappa shape index (κ3) is 4.80. The maximum atomic E-state index is 12.9. The van der Waals surface area contributed by atoms with E-state index in [0.717, 1.165) is 0 Å². The van der Waals surface area contributed by atoms with Gasteiger partial charge in [-0.1, -0.05) is 12.1 Å². The third-order valence-electron chi connectivity index (χ3n) is 1.86. The van der Waals surface area contributed by atoms with Crippen LogP contribution in [0.15, 0.2) is 24.3 Å². The van der Waals surface area contributed by atoms with E-state index in [2.05, 4.69) is 14.1 Å². The van der Waals surface area contributed by atoms with Crippen LogP contribution in [0.3, 0.4) is 0 Å². The van der Waals surface area contributed by atoms with Crippen molar-refractivity contribution in [3.8, 4) is 6.07 Å². The molecule has 0 aliphatic heterocycles. The largest absolute Gasteiger partial charge is 0.691 e. The highest BCUT2D eigenvalue weighted by Gasteiger charge is 2.43. The zero-order valence-electron chi connectivity index (χ0n) is 9.17. The summed E-state index contributed by atoms with van der Waals surface area (Å²) >= 11 is -0.758. The summed E-state index contributed by atoms with van der Waals surface area (Å²) in [4.78, 5) is 11.0. The fraction of sp³-hybridized carbons (Fsp3) is 0.200. The van der Waals surface area contributed by atoms with Gasteiger partial charge in [-0.25, -0.2) is 4.79 Å². The van der Waals surface area contributed by atoms with Crippen molar-refractivity contribution in [2.24, 2.45) is 0 Å². The van der Waals surface area contributed by atoms with Crippen LogP contribution in [0.25, 0.3) is 0 Å². The number of benzene rings is 1. The van der Waals surface area contributed by atoms with Crippen LogP contribution in [-0.2, 0) is 25.5 Å². The highest BCUT2D eigenvalue weighted by atomic mass is 32.2. The fourth-order valence-electron chi connectivity index (χ4n) is 0.999. The molecule has 1 aromatic carbocycles. The molecule has 0 atom stereocenters. The average molecular weight is 290 g/mol. The summed E-state index contributed by atoms with van der Waals surface area (Å²) in [6.07, 6.45) is 0. The molecule has 1 aromatic rings. The zero-order valence-corrected chi connectivity index (χ0v) is 9.99. The van der Waals surface area contributed by atoms with Crippen LogP contribution in [0, 0.1) is 11.3 Å². The molecule has 1 rings (SSSR count). The van der Waals surface area contributed by atoms with Crippen molar-refractivity contribution in [3.05, 3.63) is 35.4 Å². The molecule has 0 aliphatic rings. The minimum Gasteiger partial charge on any atom is -0.691 e. The van der Waals surface area contributed by atoms with Crippen molar-refractivity contribution in [2.45, 2.75) is 11.9 Å². The number of esters is 1. The Bertz CT molecular complexity index is 474. The number of hydrogen-bond donors (Lipinski definition) is 0. The Morgan fingerprint density at radius 3 is 2.58 bits per heavy atom. The Balaban J connectivity index is 2.51. The number of carbonyl (C=O) groups is 1. The summed E-state index contributed by atoms with van der Waals surface area (Å²) in [5, 5.41) is 16.6. The van der Waals surface area contributed by atoms with Crippen LogP contribution in [-0.4, -0.2) is 11.2 Å². The number of ether oxygens (including phenoxy) is 1. The molecular formula is C10H6F2NO5S-. The Hall–Kier alpha value is -1.73. The molecule has 0 saturated carbocycles. The quantitative estimate of drug-likeness (QED) is 0.335. The van der Waals surface area contributed by atoms with Gasteiger partial charge in [-0.3, -0.25) is 5.04 Å². The van der Waals surface area contributed by atoms with Crippen molar-refractivity contribution >= 4 is 18.0 Å². The van der Waals surface area contributed by atoms with Crippen LogP contribution in [0.2, 0.25) is 0 Å². The molecule has 0 unspecified atom stereocenters. The first-order chi connectivity index (χ1) is 8.99. The van der Waals surface area contributed by atoms with Crippen molar-refractivity contribution in [1.29, 1.82) is 5.26 Å². The van der Waals surface area contributed by atoms with E-state index in [-0.39, 0.29) is 0 Å². The third-order valence-corrected chi connectivity index (χ3v) is 2.36. The predicted octanol–water partition coefficient (Wildman–Crippen LogP) is 1.07. The van der Waals surface area contributed by atoms with Crippen LogP contribution in [0.4, 0.5) is 8.78 Å². The van der Waals surface area contributed by atoms with E-state index >= 15 is 0 Å². The van der Waals surface area contributed by atoms with Gasteiger partial charge in [-0.15, -0.1) is 0 Å². The van der Waals surface area contributed by atoms with Crippen LogP contribution in [0.5, 0.6) is 0 Å². The van der Waals surface area contributed by atoms with E-state index in [4.69, 9.17) is 5.26 Å². The van der Waals surface area contributed by atoms with Crippen molar-refractivity contribution in [3.63, 3.8) is 0 Å². The standard InChI is InChI=1S/C10H7F2NO5S/c11-10(12,19-18-17-15)9(14)16-6-8-3-1-7(5-13)2-4-8/h1-4,15H,6H2/p-1. The molecule has 0 aromatic heterocycles. The summed E-state index contributed by atoms with van der Waals surface area (Å²) in [5.74, 6) is -1.88. The molecule has 0 aliphatic carbocycles. The van der Waals surface area contributed by atoms with Crippen LogP contribution < -0.4 is 5.26 Å². The number of nitrogens with zero attached hydrogens (tertiary/aromatic N) is 1. The van der Waals surface area contributed by atoms with Gasteiger partial charge in [-0.2, -0.15) is 18.4 Å². The highest BCUT2D eigenvalue weighted by molar-refractivity contribution is 7.96. The molecule has 0 amide bonds. The molecule has 6 nitrogen and oxygen atoms in total. The summed E-state index contributed by atoms with van der Waals surface area (Å²) < 4.78 is 33.6. The lowest BCUT2D eigenvalue weighted by Gasteiger charge is -2.14. The first-order valence-corrected chi connectivity index (χ1v) is 5.42. The molecule has 0 fully saturated rings. The van der Waals surface area contributed by atoms with Gasteiger partial charge in [0.15, 0.2) is 0 Å². The van der Waals surface area contributed by atoms with Gasteiger partial charge in [-0.05, 0) is 17.7 Å². The number of halogens is 2. The lowest BCUT2D eigenvalue weighted by molar-refractivity contribution is -0.777. The number of alkyl halides is 2. The molecule has 0 spiro atoms. The van der Waals surface area contributed by atoms with Crippen molar-refractivity contribution < 1.29 is 32.9 Å². The first kappa shape index (κ1) is 15.3. The summed E-state index contributed by atoms with van der Waals surface area (Å²) in [5.41, 5.74) is 0.811. The lowest BCUT2D eigenvalue weighted by atomic mass is 10.2. The Morgan fingerprint density at radius 2 is 2.05 bits per heavy atom. The molecule has 0 N–H and O–H groups in total. The van der Waals surface area contributed by atoms with Crippen molar-refractivity contribution in [2.75, 3.05) is 0 Å². The van der Waals surface area contributed by atoms with Crippen molar-refractivity contribution in [1.82, 2.24) is 0 Å². The average Bonchev–Trinajstić information content (AvgIpc) is 2.43. The molecule has 9 heteroatoms. The SMILES string of the molecule is N#Cc1ccc(COC(=O)C(F)(F)SOO[O-])cc1. The van der Waals surface area contributed by atoms with E-state index in [1.165, 1.54) is 24.3 Å². The van der Waals surface area contributed by atoms with Crippen LogP contribution in [0.1, 0.15) is 11.1 Å². The van der Waals surface area contributed by atoms with E-state index in [9.17, 15) is 18.8 Å². The summed E-state index contributed by atoms with van der Waals surface area (Å²) in [6, 6.07) is 7.68. The molecule has 0 radical (unpaired) electrons. The van der Waals surface area contributed by atoms with Gasteiger partial charge >= 0.3 is 11.2 Å². The van der Waals surface area contributed by atoms with Gasteiger partial charge in [0.1, 0.15) is 18.6 Å². The summed E-state index contributed by atoms with van der Waals surface area (Å²) in [6.45, 7) is -0.404. The monoisotopic (exact) mass is 290 g/mol. The normalized spacial score (nSPS) is 10.8. The molecule has 0 heterocycles. The number of carbonyl (C=O) groups excluding carboxylic acids is 1. The Labute approximate surface area is 110 Å². The second-order valence-corrected chi connectivity index (χ2v) is 3.94. The maximum Gasteiger partial charge on any atom is 0.415 e. The molecule has 19 heavy (non-hydrogen) atoms. The summed E-state index contributed by atoms with van der Waals surface area (Å²) in [7, 11) is 0. The molecule has 102 valence electrons. The number of nitriles is 1. The Morgan fingerprint density at radius 1 is 1.42 bits per heavy atom. The fourth-order valence-corrected chi connectivity index (χ4v) is 1.24. The zero-order chi connectivity index (χ0) is 14.3. The second-order valence-electron chi connectivity index (χ2n) is 3.12. The minimum atomic E-state index is -4.06. The van der Waals surface area contributed by atoms with E-state index in [1.807, 2.05) is 6.07 Å². The van der Waals surface area contributed by atoms with E-state index < -0.39 is 29.9 Å². The number of rotatable bonds is 6. The van der Waals surface area contributed by atoms with Gasteiger partial charge in [0, 0.05) is 0 Å². The van der Waals surface area contributed by atoms with Gasteiger partial charge in [0.25, 0.3) is 0 Å². The maximum absolute atomic E-state index is 12.9. The second kappa shape index (κ2) is 7.01. The van der Waals surface area contributed by atoms with Gasteiger partial charge in [0.2, 0.25) is 0 Å². The van der Waals surface area contributed by atoms with Gasteiger partial charge < -0.3 is 9.99 Å². The van der Waals surface area contributed by atoms with E-state index in [1.54, 1.807) is 0 Å². The predicted molar refractivity (Wildman–Crippen MR) is 55.7 cm³/mol. The van der Waals surface area contributed by atoms with Crippen LogP contribution >= 0.6 is 12.0 Å². The molecule has 0 saturated heterocycles.